The lowest BCUT2D eigenvalue weighted by molar-refractivity contribution is 0.174. The first-order valence-electron chi connectivity index (χ1n) is 10.5. The summed E-state index contributed by atoms with van der Waals surface area (Å²) in [7, 11) is 1.55. The van der Waals surface area contributed by atoms with Crippen LogP contribution in [0.2, 0.25) is 5.02 Å². The van der Waals surface area contributed by atoms with Gasteiger partial charge in [-0.2, -0.15) is 0 Å². The lowest BCUT2D eigenvalue weighted by Crippen LogP contribution is -2.50. The van der Waals surface area contributed by atoms with Gasteiger partial charge in [-0.15, -0.1) is 10.2 Å². The first-order chi connectivity index (χ1) is 16.1. The standard InChI is InChI=1S/C23H22ClN5O4/c1-31-19-6-3-16(24)13-18(19)25-23(30)29-10-8-28(9-11-29)22-7-4-17(26-27-22)15-2-5-20-21(12-15)33-14-32-20/h2-7,12-13H,8-11,14H2,1H3,(H,25,30). The summed E-state index contributed by atoms with van der Waals surface area (Å²) in [6.07, 6.45) is 0. The third-order valence-corrected chi connectivity index (χ3v) is 5.85. The van der Waals surface area contributed by atoms with Crippen LogP contribution in [-0.2, 0) is 0 Å². The number of carbonyl (C=O) groups excluding carboxylic acids is 1. The van der Waals surface area contributed by atoms with Crippen molar-refractivity contribution in [3.05, 3.63) is 53.6 Å². The molecule has 0 aliphatic carbocycles. The summed E-state index contributed by atoms with van der Waals surface area (Å²) in [4.78, 5) is 16.6. The Kier molecular flexibility index (Phi) is 5.78. The fraction of sp³-hybridized carbons (Fsp3) is 0.261. The molecular weight excluding hydrogens is 446 g/mol. The molecule has 1 fully saturated rings. The Hall–Kier alpha value is -3.72. The predicted octanol–water partition coefficient (Wildman–Crippen LogP) is 3.89. The van der Waals surface area contributed by atoms with Gasteiger partial charge in [0.15, 0.2) is 17.3 Å². The number of nitrogens with one attached hydrogen (secondary N) is 1. The molecule has 5 rings (SSSR count). The highest BCUT2D eigenvalue weighted by Crippen LogP contribution is 2.35. The number of ether oxygens (including phenoxy) is 3. The molecule has 2 aliphatic rings. The number of hydrogen-bond acceptors (Lipinski definition) is 7. The quantitative estimate of drug-likeness (QED) is 0.622. The number of methoxy groups -OCH3 is 1. The van der Waals surface area contributed by atoms with Crippen LogP contribution in [0.25, 0.3) is 11.3 Å². The summed E-state index contributed by atoms with van der Waals surface area (Å²) in [6.45, 7) is 2.65. The van der Waals surface area contributed by atoms with Crippen molar-refractivity contribution in [3.63, 3.8) is 0 Å². The Morgan fingerprint density at radius 3 is 2.58 bits per heavy atom. The number of hydrogen-bond donors (Lipinski definition) is 1. The van der Waals surface area contributed by atoms with Crippen LogP contribution < -0.4 is 24.4 Å². The highest BCUT2D eigenvalue weighted by molar-refractivity contribution is 6.31. The van der Waals surface area contributed by atoms with Crippen LogP contribution in [0, 0.1) is 0 Å². The second-order valence-electron chi connectivity index (χ2n) is 7.59. The van der Waals surface area contributed by atoms with E-state index in [9.17, 15) is 4.79 Å². The molecule has 33 heavy (non-hydrogen) atoms. The Morgan fingerprint density at radius 2 is 1.82 bits per heavy atom. The topological polar surface area (TPSA) is 89.1 Å². The molecular formula is C23H22ClN5O4. The number of halogens is 1. The zero-order valence-electron chi connectivity index (χ0n) is 18.0. The largest absolute Gasteiger partial charge is 0.495 e. The number of aromatic nitrogens is 2. The summed E-state index contributed by atoms with van der Waals surface area (Å²) >= 11 is 6.05. The average molecular weight is 468 g/mol. The van der Waals surface area contributed by atoms with Crippen LogP contribution in [0.3, 0.4) is 0 Å². The molecule has 0 saturated carbocycles. The molecule has 3 heterocycles. The fourth-order valence-electron chi connectivity index (χ4n) is 3.81. The van der Waals surface area contributed by atoms with E-state index in [4.69, 9.17) is 25.8 Å². The molecule has 0 spiro atoms. The minimum absolute atomic E-state index is 0.195. The molecule has 170 valence electrons. The van der Waals surface area contributed by atoms with Crippen molar-refractivity contribution in [3.8, 4) is 28.5 Å². The van der Waals surface area contributed by atoms with Crippen molar-refractivity contribution in [2.75, 3.05) is 50.3 Å². The lowest BCUT2D eigenvalue weighted by atomic mass is 10.1. The molecule has 2 amide bonds. The highest BCUT2D eigenvalue weighted by atomic mass is 35.5. The normalized spacial score (nSPS) is 14.8. The van der Waals surface area contributed by atoms with E-state index in [1.54, 1.807) is 30.2 Å². The van der Waals surface area contributed by atoms with E-state index in [0.29, 0.717) is 48.4 Å². The maximum absolute atomic E-state index is 12.7. The molecule has 1 aromatic heterocycles. The zero-order valence-corrected chi connectivity index (χ0v) is 18.7. The van der Waals surface area contributed by atoms with E-state index in [2.05, 4.69) is 20.4 Å². The fourth-order valence-corrected chi connectivity index (χ4v) is 3.99. The number of anilines is 2. The van der Waals surface area contributed by atoms with Crippen molar-refractivity contribution in [1.29, 1.82) is 0 Å². The van der Waals surface area contributed by atoms with Gasteiger partial charge in [-0.3, -0.25) is 0 Å². The molecule has 1 N–H and O–H groups in total. The van der Waals surface area contributed by atoms with E-state index in [1.165, 1.54) is 0 Å². The molecule has 10 heteroatoms. The van der Waals surface area contributed by atoms with Gasteiger partial charge in [-0.05, 0) is 48.5 Å². The SMILES string of the molecule is COc1ccc(Cl)cc1NC(=O)N1CCN(c2ccc(-c3ccc4c(c3)OCO4)nn2)CC1. The summed E-state index contributed by atoms with van der Waals surface area (Å²) < 4.78 is 16.1. The maximum atomic E-state index is 12.7. The molecule has 0 radical (unpaired) electrons. The Balaban J connectivity index is 1.20. The van der Waals surface area contributed by atoms with Crippen LogP contribution in [0.4, 0.5) is 16.3 Å². The number of rotatable bonds is 4. The zero-order chi connectivity index (χ0) is 22.8. The van der Waals surface area contributed by atoms with Crippen molar-refractivity contribution in [1.82, 2.24) is 15.1 Å². The Bertz CT molecular complexity index is 1170. The second-order valence-corrected chi connectivity index (χ2v) is 8.03. The van der Waals surface area contributed by atoms with Crippen molar-refractivity contribution < 1.29 is 19.0 Å². The van der Waals surface area contributed by atoms with Gasteiger partial charge < -0.3 is 29.3 Å². The summed E-state index contributed by atoms with van der Waals surface area (Å²) in [5.74, 6) is 2.78. The minimum Gasteiger partial charge on any atom is -0.495 e. The third-order valence-electron chi connectivity index (χ3n) is 5.61. The first kappa shape index (κ1) is 21.1. The Labute approximate surface area is 195 Å². The van der Waals surface area contributed by atoms with Crippen molar-refractivity contribution >= 4 is 29.1 Å². The summed E-state index contributed by atoms with van der Waals surface area (Å²) in [5.41, 5.74) is 2.21. The van der Waals surface area contributed by atoms with E-state index in [-0.39, 0.29) is 12.8 Å². The molecule has 9 nitrogen and oxygen atoms in total. The van der Waals surface area contributed by atoms with Gasteiger partial charge in [0.1, 0.15) is 5.75 Å². The van der Waals surface area contributed by atoms with Crippen LogP contribution in [0.1, 0.15) is 0 Å². The summed E-state index contributed by atoms with van der Waals surface area (Å²) in [5, 5.41) is 12.2. The number of nitrogens with zero attached hydrogens (tertiary/aromatic N) is 4. The number of carbonyl (C=O) groups is 1. The monoisotopic (exact) mass is 467 g/mol. The number of benzene rings is 2. The molecule has 0 atom stereocenters. The molecule has 2 aromatic carbocycles. The van der Waals surface area contributed by atoms with Crippen LogP contribution in [-0.4, -0.2) is 61.2 Å². The van der Waals surface area contributed by atoms with E-state index in [1.807, 2.05) is 30.3 Å². The van der Waals surface area contributed by atoms with Crippen LogP contribution in [0.15, 0.2) is 48.5 Å². The van der Waals surface area contributed by atoms with E-state index >= 15 is 0 Å². The predicted molar refractivity (Wildman–Crippen MR) is 124 cm³/mol. The van der Waals surface area contributed by atoms with E-state index in [0.717, 1.165) is 22.8 Å². The number of piperazine rings is 1. The van der Waals surface area contributed by atoms with Crippen LogP contribution in [0.5, 0.6) is 17.2 Å². The highest BCUT2D eigenvalue weighted by Gasteiger charge is 2.23. The van der Waals surface area contributed by atoms with Gasteiger partial charge in [-0.25, -0.2) is 4.79 Å². The molecule has 0 unspecified atom stereocenters. The number of amides is 2. The first-order valence-corrected chi connectivity index (χ1v) is 10.9. The van der Waals surface area contributed by atoms with Crippen molar-refractivity contribution in [2.24, 2.45) is 0 Å². The molecule has 2 aliphatic heterocycles. The van der Waals surface area contributed by atoms with Gasteiger partial charge >= 0.3 is 6.03 Å². The molecule has 1 saturated heterocycles. The van der Waals surface area contributed by atoms with Crippen molar-refractivity contribution in [2.45, 2.75) is 0 Å². The smallest absolute Gasteiger partial charge is 0.322 e. The van der Waals surface area contributed by atoms with Crippen LogP contribution >= 0.6 is 11.6 Å². The van der Waals surface area contributed by atoms with Gasteiger partial charge in [-0.1, -0.05) is 11.6 Å². The number of urea groups is 1. The van der Waals surface area contributed by atoms with Gasteiger partial charge in [0.2, 0.25) is 6.79 Å². The summed E-state index contributed by atoms with van der Waals surface area (Å²) in [6, 6.07) is 14.5. The second kappa shape index (κ2) is 9.03. The third kappa shape index (κ3) is 4.45. The minimum atomic E-state index is -0.195. The molecule has 3 aromatic rings. The molecule has 0 bridgehead atoms. The van der Waals surface area contributed by atoms with Gasteiger partial charge in [0, 0.05) is 36.8 Å². The average Bonchev–Trinajstić information content (AvgIpc) is 3.32. The Morgan fingerprint density at radius 1 is 1.00 bits per heavy atom. The number of fused-ring (bicyclic) bond motifs is 1. The van der Waals surface area contributed by atoms with E-state index < -0.39 is 0 Å². The van der Waals surface area contributed by atoms with Gasteiger partial charge in [0.05, 0.1) is 18.5 Å². The lowest BCUT2D eigenvalue weighted by Gasteiger charge is -2.35. The maximum Gasteiger partial charge on any atom is 0.322 e. The van der Waals surface area contributed by atoms with Gasteiger partial charge in [0.25, 0.3) is 0 Å².